The number of hydrogen-bond acceptors (Lipinski definition) is 3. The van der Waals surface area contributed by atoms with E-state index in [0.29, 0.717) is 13.2 Å². The van der Waals surface area contributed by atoms with E-state index in [-0.39, 0.29) is 0 Å². The normalized spacial score (nSPS) is 11.2. The Morgan fingerprint density at radius 2 is 2.12 bits per heavy atom. The Kier molecular flexibility index (Phi) is 7.76. The molecule has 0 saturated heterocycles. The van der Waals surface area contributed by atoms with Crippen LogP contribution in [0.1, 0.15) is 31.0 Å². The van der Waals surface area contributed by atoms with Gasteiger partial charge in [-0.25, -0.2) is 0 Å². The molecular weight excluding hydrogens is 312 g/mol. The summed E-state index contributed by atoms with van der Waals surface area (Å²) in [7, 11) is 3.88. The maximum atomic E-state index is 5.84. The quantitative estimate of drug-likeness (QED) is 0.590. The summed E-state index contributed by atoms with van der Waals surface area (Å²) in [6.45, 7) is 4.38. The average Bonchev–Trinajstić information content (AvgIpc) is 2.66. The van der Waals surface area contributed by atoms with E-state index in [1.807, 2.05) is 37.4 Å². The summed E-state index contributed by atoms with van der Waals surface area (Å²) >= 11 is 0. The zero-order chi connectivity index (χ0) is 17.9. The summed E-state index contributed by atoms with van der Waals surface area (Å²) in [5.74, 6) is 1.76. The van der Waals surface area contributed by atoms with Crippen molar-refractivity contribution >= 4 is 5.96 Å². The summed E-state index contributed by atoms with van der Waals surface area (Å²) in [6, 6.07) is 13.9. The molecule has 0 saturated carbocycles. The second-order valence-electron chi connectivity index (χ2n) is 5.93. The van der Waals surface area contributed by atoms with Crippen molar-refractivity contribution < 1.29 is 4.74 Å². The Balaban J connectivity index is 1.88. The van der Waals surface area contributed by atoms with Gasteiger partial charge in [-0.05, 0) is 36.2 Å². The van der Waals surface area contributed by atoms with Crippen LogP contribution in [0.15, 0.2) is 53.7 Å². The molecule has 0 aliphatic heterocycles. The van der Waals surface area contributed by atoms with Crippen LogP contribution in [0, 0.1) is 0 Å². The van der Waals surface area contributed by atoms with Gasteiger partial charge in [0.05, 0.1) is 5.69 Å². The Bertz CT molecular complexity index is 658. The number of benzene rings is 1. The van der Waals surface area contributed by atoms with Crippen molar-refractivity contribution in [1.29, 1.82) is 0 Å². The van der Waals surface area contributed by atoms with Crippen LogP contribution in [-0.2, 0) is 13.2 Å². The predicted molar refractivity (Wildman–Crippen MR) is 103 cm³/mol. The molecule has 0 amide bonds. The first-order valence-corrected chi connectivity index (χ1v) is 8.76. The lowest BCUT2D eigenvalue weighted by Crippen LogP contribution is -2.38. The SMILES string of the molecule is CCCCN(C)C(=NC)NCc1cccc(OCc2ccccn2)c1. The first-order valence-electron chi connectivity index (χ1n) is 8.76. The van der Waals surface area contributed by atoms with E-state index in [9.17, 15) is 0 Å². The third-order valence-electron chi connectivity index (χ3n) is 3.88. The fourth-order valence-corrected chi connectivity index (χ4v) is 2.45. The van der Waals surface area contributed by atoms with Crippen LogP contribution in [0.3, 0.4) is 0 Å². The molecular formula is C20H28N4O. The minimum Gasteiger partial charge on any atom is -0.487 e. The first kappa shape index (κ1) is 18.8. The van der Waals surface area contributed by atoms with E-state index in [2.05, 4.69) is 46.3 Å². The van der Waals surface area contributed by atoms with Gasteiger partial charge in [0.15, 0.2) is 5.96 Å². The molecule has 2 aromatic rings. The Hall–Kier alpha value is -2.56. The van der Waals surface area contributed by atoms with Gasteiger partial charge in [-0.2, -0.15) is 0 Å². The molecule has 134 valence electrons. The highest BCUT2D eigenvalue weighted by molar-refractivity contribution is 5.79. The third-order valence-corrected chi connectivity index (χ3v) is 3.88. The molecule has 0 unspecified atom stereocenters. The second-order valence-corrected chi connectivity index (χ2v) is 5.93. The number of hydrogen-bond donors (Lipinski definition) is 1. The number of aliphatic imine (C=N–C) groups is 1. The van der Waals surface area contributed by atoms with Gasteiger partial charge < -0.3 is 15.0 Å². The van der Waals surface area contributed by atoms with E-state index < -0.39 is 0 Å². The van der Waals surface area contributed by atoms with Gasteiger partial charge >= 0.3 is 0 Å². The number of ether oxygens (including phenoxy) is 1. The second kappa shape index (κ2) is 10.3. The summed E-state index contributed by atoms with van der Waals surface area (Å²) in [6.07, 6.45) is 4.12. The fraction of sp³-hybridized carbons (Fsp3) is 0.400. The maximum Gasteiger partial charge on any atom is 0.193 e. The van der Waals surface area contributed by atoms with E-state index in [1.54, 1.807) is 6.20 Å². The van der Waals surface area contributed by atoms with Crippen LogP contribution in [0.5, 0.6) is 5.75 Å². The Morgan fingerprint density at radius 3 is 2.84 bits per heavy atom. The maximum absolute atomic E-state index is 5.84. The van der Waals surface area contributed by atoms with Crippen molar-refractivity contribution in [2.45, 2.75) is 32.9 Å². The molecule has 1 aromatic heterocycles. The summed E-state index contributed by atoms with van der Waals surface area (Å²) < 4.78 is 5.84. The van der Waals surface area contributed by atoms with E-state index in [0.717, 1.165) is 35.9 Å². The van der Waals surface area contributed by atoms with Crippen LogP contribution in [0.2, 0.25) is 0 Å². The van der Waals surface area contributed by atoms with Crippen LogP contribution in [0.4, 0.5) is 0 Å². The fourth-order valence-electron chi connectivity index (χ4n) is 2.45. The van der Waals surface area contributed by atoms with Gasteiger partial charge in [0, 0.05) is 33.4 Å². The standard InChI is InChI=1S/C20H28N4O/c1-4-5-13-24(3)20(21-2)23-15-17-9-8-11-19(14-17)25-16-18-10-6-7-12-22-18/h6-12,14H,4-5,13,15-16H2,1-3H3,(H,21,23). The van der Waals surface area contributed by atoms with Gasteiger partial charge in [-0.1, -0.05) is 31.5 Å². The van der Waals surface area contributed by atoms with Crippen molar-refractivity contribution in [2.75, 3.05) is 20.6 Å². The van der Waals surface area contributed by atoms with Gasteiger partial charge in [-0.15, -0.1) is 0 Å². The molecule has 1 aromatic carbocycles. The molecule has 0 aliphatic carbocycles. The van der Waals surface area contributed by atoms with Crippen LogP contribution in [-0.4, -0.2) is 36.5 Å². The molecule has 5 nitrogen and oxygen atoms in total. The van der Waals surface area contributed by atoms with Crippen molar-refractivity contribution in [3.05, 3.63) is 59.9 Å². The number of rotatable bonds is 8. The molecule has 1 heterocycles. The molecule has 1 N–H and O–H groups in total. The molecule has 0 fully saturated rings. The van der Waals surface area contributed by atoms with E-state index >= 15 is 0 Å². The summed E-state index contributed by atoms with van der Waals surface area (Å²) in [4.78, 5) is 10.8. The van der Waals surface area contributed by atoms with Gasteiger partial charge in [0.2, 0.25) is 0 Å². The van der Waals surface area contributed by atoms with E-state index in [1.165, 1.54) is 6.42 Å². The zero-order valence-electron chi connectivity index (χ0n) is 15.4. The summed E-state index contributed by atoms with van der Waals surface area (Å²) in [5.41, 5.74) is 2.08. The van der Waals surface area contributed by atoms with Crippen LogP contribution >= 0.6 is 0 Å². The van der Waals surface area contributed by atoms with Gasteiger partial charge in [0.25, 0.3) is 0 Å². The lowest BCUT2D eigenvalue weighted by molar-refractivity contribution is 0.301. The molecule has 0 spiro atoms. The number of unbranched alkanes of at least 4 members (excludes halogenated alkanes) is 1. The van der Waals surface area contributed by atoms with Crippen LogP contribution in [0.25, 0.3) is 0 Å². The van der Waals surface area contributed by atoms with Crippen molar-refractivity contribution in [3.63, 3.8) is 0 Å². The van der Waals surface area contributed by atoms with Crippen molar-refractivity contribution in [3.8, 4) is 5.75 Å². The van der Waals surface area contributed by atoms with Crippen molar-refractivity contribution in [2.24, 2.45) is 4.99 Å². The number of aromatic nitrogens is 1. The monoisotopic (exact) mass is 340 g/mol. The largest absolute Gasteiger partial charge is 0.487 e. The number of pyridine rings is 1. The lowest BCUT2D eigenvalue weighted by Gasteiger charge is -2.22. The van der Waals surface area contributed by atoms with E-state index in [4.69, 9.17) is 4.74 Å². The molecule has 0 radical (unpaired) electrons. The molecule has 2 rings (SSSR count). The average molecular weight is 340 g/mol. The molecule has 0 atom stereocenters. The van der Waals surface area contributed by atoms with Crippen LogP contribution < -0.4 is 10.1 Å². The number of nitrogens with zero attached hydrogens (tertiary/aromatic N) is 3. The minimum atomic E-state index is 0.471. The highest BCUT2D eigenvalue weighted by atomic mass is 16.5. The number of guanidine groups is 1. The Morgan fingerprint density at radius 1 is 1.24 bits per heavy atom. The van der Waals surface area contributed by atoms with Crippen molar-refractivity contribution in [1.82, 2.24) is 15.2 Å². The number of nitrogens with one attached hydrogen (secondary N) is 1. The smallest absolute Gasteiger partial charge is 0.193 e. The predicted octanol–water partition coefficient (Wildman–Crippen LogP) is 3.47. The highest BCUT2D eigenvalue weighted by Gasteiger charge is 2.05. The zero-order valence-corrected chi connectivity index (χ0v) is 15.4. The first-order chi connectivity index (χ1) is 12.2. The lowest BCUT2D eigenvalue weighted by atomic mass is 10.2. The van der Waals surface area contributed by atoms with Gasteiger partial charge in [-0.3, -0.25) is 9.98 Å². The highest BCUT2D eigenvalue weighted by Crippen LogP contribution is 2.14. The molecule has 0 bridgehead atoms. The molecule has 0 aliphatic rings. The minimum absolute atomic E-state index is 0.471. The molecule has 25 heavy (non-hydrogen) atoms. The Labute approximate surface area is 150 Å². The van der Waals surface area contributed by atoms with Gasteiger partial charge in [0.1, 0.15) is 12.4 Å². The topological polar surface area (TPSA) is 49.8 Å². The molecule has 5 heteroatoms. The third kappa shape index (κ3) is 6.45. The summed E-state index contributed by atoms with van der Waals surface area (Å²) in [5, 5.41) is 3.40.